The number of hydrogen-bond donors (Lipinski definition) is 3. The molecule has 3 N–H and O–H groups in total. The summed E-state index contributed by atoms with van der Waals surface area (Å²) in [5, 5.41) is 22.6. The van der Waals surface area contributed by atoms with E-state index in [-0.39, 0.29) is 0 Å². The highest BCUT2D eigenvalue weighted by atomic mass is 35.9. The minimum absolute atomic E-state index is 0.347. The molecule has 0 aromatic carbocycles. The Balaban J connectivity index is 2.16. The Morgan fingerprint density at radius 1 is 1.50 bits per heavy atom. The molecule has 0 aliphatic carbocycles. The lowest BCUT2D eigenvalue weighted by Crippen LogP contribution is -2.36. The third-order valence-electron chi connectivity index (χ3n) is 3.09. The third-order valence-corrected chi connectivity index (χ3v) is 4.12. The van der Waals surface area contributed by atoms with Crippen LogP contribution in [0.1, 0.15) is 6.23 Å². The lowest BCUT2D eigenvalue weighted by atomic mass is 10.1. The van der Waals surface area contributed by atoms with Gasteiger partial charge in [-0.2, -0.15) is 4.98 Å². The van der Waals surface area contributed by atoms with Gasteiger partial charge in [-0.3, -0.25) is 9.13 Å². The van der Waals surface area contributed by atoms with Gasteiger partial charge < -0.3 is 24.8 Å². The number of aromatic nitrogens is 2. The van der Waals surface area contributed by atoms with E-state index in [1.165, 1.54) is 12.3 Å². The molecule has 0 bridgehead atoms. The zero-order valence-corrected chi connectivity index (χ0v) is 13.7. The first-order valence-electron chi connectivity index (χ1n) is 6.15. The van der Waals surface area contributed by atoms with Crippen LogP contribution in [0.5, 0.6) is 0 Å². The van der Waals surface area contributed by atoms with Crippen molar-refractivity contribution in [1.29, 1.82) is 0 Å². The number of halogens is 2. The molecule has 9 nitrogen and oxygen atoms in total. The average molecular weight is 374 g/mol. The maximum Gasteiger partial charge on any atom is 0.380 e. The summed E-state index contributed by atoms with van der Waals surface area (Å²) in [7, 11) is 1.60. The van der Waals surface area contributed by atoms with Crippen molar-refractivity contribution in [2.45, 2.75) is 24.5 Å². The molecule has 1 aliphatic heterocycles. The molecule has 0 saturated carbocycles. The number of rotatable bonds is 5. The van der Waals surface area contributed by atoms with E-state index in [1.54, 1.807) is 7.05 Å². The quantitative estimate of drug-likeness (QED) is 0.637. The topological polar surface area (TPSA) is 123 Å². The predicted molar refractivity (Wildman–Crippen MR) is 79.2 cm³/mol. The van der Waals surface area contributed by atoms with Crippen LogP contribution < -0.4 is 11.0 Å². The molecule has 4 atom stereocenters. The Morgan fingerprint density at radius 2 is 2.18 bits per heavy atom. The Hall–Kier alpha value is -0.670. The fraction of sp³-hybridized carbons (Fsp3) is 0.600. The predicted octanol–water partition coefficient (Wildman–Crippen LogP) is 0.506. The molecule has 1 saturated heterocycles. The number of anilines is 1. The van der Waals surface area contributed by atoms with Crippen molar-refractivity contribution >= 4 is 34.4 Å². The number of aliphatic hydroxyl groups is 2. The van der Waals surface area contributed by atoms with Crippen LogP contribution in [-0.4, -0.2) is 51.7 Å². The van der Waals surface area contributed by atoms with Crippen molar-refractivity contribution in [2.24, 2.45) is 0 Å². The van der Waals surface area contributed by atoms with Crippen molar-refractivity contribution in [2.75, 3.05) is 19.0 Å². The molecule has 22 heavy (non-hydrogen) atoms. The van der Waals surface area contributed by atoms with Gasteiger partial charge >= 0.3 is 11.8 Å². The van der Waals surface area contributed by atoms with Crippen LogP contribution in [0.3, 0.4) is 0 Å². The number of nitrogens with zero attached hydrogens (tertiary/aromatic N) is 2. The van der Waals surface area contributed by atoms with Crippen molar-refractivity contribution in [3.05, 3.63) is 22.7 Å². The second-order valence-corrected chi connectivity index (χ2v) is 8.79. The summed E-state index contributed by atoms with van der Waals surface area (Å²) in [5.41, 5.74) is -0.676. The van der Waals surface area contributed by atoms with Crippen LogP contribution in [0.25, 0.3) is 0 Å². The molecule has 124 valence electrons. The number of ether oxygens (including phenoxy) is 1. The maximum atomic E-state index is 11.9. The molecule has 2 rings (SSSR count). The van der Waals surface area contributed by atoms with Gasteiger partial charge in [0.15, 0.2) is 6.23 Å². The SMILES string of the molecule is CNc1ccn(C2OC(COP(=O)(Cl)Cl)C(O)C2O)c(=O)n1. The first-order valence-corrected chi connectivity index (χ1v) is 9.59. The molecule has 12 heteroatoms. The van der Waals surface area contributed by atoms with Crippen LogP contribution in [-0.2, 0) is 13.8 Å². The molecule has 4 unspecified atom stereocenters. The maximum absolute atomic E-state index is 11.9. The molecule has 0 radical (unpaired) electrons. The summed E-state index contributed by atoms with van der Waals surface area (Å²) in [4.78, 5) is 15.6. The Bertz CT molecular complexity index is 637. The molecule has 1 aromatic rings. The second kappa shape index (κ2) is 6.84. The highest BCUT2D eigenvalue weighted by Gasteiger charge is 2.44. The number of aliphatic hydroxyl groups excluding tert-OH is 2. The first-order chi connectivity index (χ1) is 10.2. The van der Waals surface area contributed by atoms with Gasteiger partial charge in [0.25, 0.3) is 0 Å². The second-order valence-electron chi connectivity index (χ2n) is 4.51. The molecular weight excluding hydrogens is 360 g/mol. The average Bonchev–Trinajstić information content (AvgIpc) is 2.72. The molecule has 1 fully saturated rings. The zero-order valence-electron chi connectivity index (χ0n) is 11.3. The smallest absolute Gasteiger partial charge is 0.380 e. The summed E-state index contributed by atoms with van der Waals surface area (Å²) in [6.07, 6.45) is -7.43. The third kappa shape index (κ3) is 3.99. The van der Waals surface area contributed by atoms with E-state index in [1.807, 2.05) is 0 Å². The van der Waals surface area contributed by atoms with Crippen molar-refractivity contribution in [1.82, 2.24) is 9.55 Å². The number of nitrogens with one attached hydrogen (secondary N) is 1. The van der Waals surface area contributed by atoms with E-state index >= 15 is 0 Å². The van der Waals surface area contributed by atoms with E-state index in [2.05, 4.69) is 14.8 Å². The van der Waals surface area contributed by atoms with Crippen LogP contribution in [0.2, 0.25) is 0 Å². The highest BCUT2D eigenvalue weighted by Crippen LogP contribution is 2.57. The first kappa shape index (κ1) is 17.7. The van der Waals surface area contributed by atoms with Gasteiger partial charge in [0.1, 0.15) is 24.1 Å². The van der Waals surface area contributed by atoms with Gasteiger partial charge in [-0.1, -0.05) is 0 Å². The van der Waals surface area contributed by atoms with Crippen molar-refractivity contribution < 1.29 is 24.0 Å². The summed E-state index contributed by atoms with van der Waals surface area (Å²) in [6.45, 7) is -0.407. The van der Waals surface area contributed by atoms with E-state index in [9.17, 15) is 19.6 Å². The van der Waals surface area contributed by atoms with E-state index in [0.29, 0.717) is 5.82 Å². The summed E-state index contributed by atoms with van der Waals surface area (Å²) >= 11 is 10.5. The lowest BCUT2D eigenvalue weighted by Gasteiger charge is -2.17. The molecule has 1 aliphatic rings. The van der Waals surface area contributed by atoms with Crippen molar-refractivity contribution in [3.8, 4) is 0 Å². The summed E-state index contributed by atoms with van der Waals surface area (Å²) in [5.74, 6) is 0.347. The molecule has 0 spiro atoms. The van der Waals surface area contributed by atoms with E-state index in [0.717, 1.165) is 4.57 Å². The fourth-order valence-corrected chi connectivity index (χ4v) is 2.66. The van der Waals surface area contributed by atoms with Gasteiger partial charge in [-0.15, -0.1) is 0 Å². The Kier molecular flexibility index (Phi) is 5.50. The Labute approximate surface area is 134 Å². The van der Waals surface area contributed by atoms with Crippen LogP contribution in [0.15, 0.2) is 17.1 Å². The molecule has 2 heterocycles. The van der Waals surface area contributed by atoms with E-state index < -0.39 is 42.9 Å². The van der Waals surface area contributed by atoms with Gasteiger partial charge in [0.05, 0.1) is 6.61 Å². The minimum Gasteiger partial charge on any atom is -0.387 e. The molecular formula is C10H14Cl2N3O6P. The minimum atomic E-state index is -3.79. The fourth-order valence-electron chi connectivity index (χ4n) is 2.00. The van der Waals surface area contributed by atoms with Crippen molar-refractivity contribution in [3.63, 3.8) is 0 Å². The normalized spacial score (nSPS) is 28.8. The lowest BCUT2D eigenvalue weighted by molar-refractivity contribution is -0.0506. The highest BCUT2D eigenvalue weighted by molar-refractivity contribution is 8.05. The summed E-state index contributed by atoms with van der Waals surface area (Å²) < 4.78 is 22.1. The zero-order chi connectivity index (χ0) is 16.5. The van der Waals surface area contributed by atoms with Crippen LogP contribution >= 0.6 is 28.6 Å². The van der Waals surface area contributed by atoms with Gasteiger partial charge in [-0.25, -0.2) is 4.79 Å². The van der Waals surface area contributed by atoms with Gasteiger partial charge in [0, 0.05) is 13.2 Å². The molecule has 1 aromatic heterocycles. The molecule has 0 amide bonds. The van der Waals surface area contributed by atoms with Crippen LogP contribution in [0.4, 0.5) is 5.82 Å². The van der Waals surface area contributed by atoms with Gasteiger partial charge in [0.2, 0.25) is 0 Å². The van der Waals surface area contributed by atoms with Gasteiger partial charge in [-0.05, 0) is 28.5 Å². The largest absolute Gasteiger partial charge is 0.387 e. The standard InChI is InChI=1S/C10H14Cl2N3O6P/c1-13-6-2-3-15(10(18)14-6)9-8(17)7(16)5(21-9)4-20-22(11,12)19/h2-3,5,7-9,16-17H,4H2,1H3,(H,13,14,18). The summed E-state index contributed by atoms with van der Waals surface area (Å²) in [6, 6.07) is 1.50. The van der Waals surface area contributed by atoms with E-state index in [4.69, 9.17) is 27.2 Å². The monoisotopic (exact) mass is 373 g/mol. The van der Waals surface area contributed by atoms with Crippen LogP contribution in [0, 0.1) is 0 Å². The Morgan fingerprint density at radius 3 is 2.73 bits per heavy atom. The number of hydrogen-bond acceptors (Lipinski definition) is 8.